The first kappa shape index (κ1) is 25.4. The predicted molar refractivity (Wildman–Crippen MR) is 149 cm³/mol. The molecule has 1 aliphatic carbocycles. The third kappa shape index (κ3) is 4.82. The lowest BCUT2D eigenvalue weighted by molar-refractivity contribution is -0.117. The zero-order valence-corrected chi connectivity index (χ0v) is 22.0. The molecule has 0 unspecified atom stereocenters. The fourth-order valence-corrected chi connectivity index (χ4v) is 5.97. The molecule has 12 nitrogen and oxygen atoms in total. The van der Waals surface area contributed by atoms with Crippen LogP contribution in [0.1, 0.15) is 35.4 Å². The number of amides is 4. The van der Waals surface area contributed by atoms with E-state index in [-0.39, 0.29) is 23.9 Å². The smallest absolute Gasteiger partial charge is 0.332 e. The van der Waals surface area contributed by atoms with Gasteiger partial charge in [-0.15, -0.1) is 16.4 Å². The summed E-state index contributed by atoms with van der Waals surface area (Å²) >= 11 is 1.20. The summed E-state index contributed by atoms with van der Waals surface area (Å²) in [5.41, 5.74) is 0.967. The molecule has 202 valence electrons. The first-order valence-corrected chi connectivity index (χ1v) is 13.5. The molecule has 0 bridgehead atoms. The molecule has 2 atom stereocenters. The quantitative estimate of drug-likeness (QED) is 0.285. The molecule has 4 aromatic heterocycles. The number of hydrogen-bond donors (Lipinski definition) is 3. The van der Waals surface area contributed by atoms with Gasteiger partial charge in [0.05, 0.1) is 23.0 Å². The summed E-state index contributed by atoms with van der Waals surface area (Å²) in [6.07, 6.45) is 9.26. The highest BCUT2D eigenvalue weighted by atomic mass is 32.1. The summed E-state index contributed by atoms with van der Waals surface area (Å²) in [5, 5.41) is 17.2. The van der Waals surface area contributed by atoms with Crippen LogP contribution in [0.15, 0.2) is 61.6 Å². The minimum Gasteiger partial charge on any atom is -0.436 e. The lowest BCUT2D eigenvalue weighted by Gasteiger charge is -2.32. The molecule has 0 spiro atoms. The zero-order chi connectivity index (χ0) is 27.6. The molecular formula is C27H24N8O4S. The van der Waals surface area contributed by atoms with Crippen LogP contribution in [0.2, 0.25) is 0 Å². The number of aromatic nitrogens is 4. The van der Waals surface area contributed by atoms with Gasteiger partial charge in [0.1, 0.15) is 21.3 Å². The maximum absolute atomic E-state index is 13.5. The fraction of sp³-hybridized carbons (Fsp3) is 0.222. The van der Waals surface area contributed by atoms with E-state index >= 15 is 0 Å². The lowest BCUT2D eigenvalue weighted by atomic mass is 9.90. The van der Waals surface area contributed by atoms with E-state index in [0.717, 1.165) is 25.7 Å². The standard InChI is InChI=1S/C27H24N8O4S/c1-2-20(36)31-16-6-3-4-7-17(16)32-25(37)24-23-22-18(11-13-28-26(22)40-24)35(27(38)33-23)19-10-9-15(14-29-19)39-21-8-5-12-30-34-21/h2,5,8-14,16-17H,1,3-4,6-7H2,(H,31,36)(H,32,37)(H,33,38)/t16-,17+/m0/s1. The van der Waals surface area contributed by atoms with E-state index in [0.29, 0.717) is 43.9 Å². The molecule has 40 heavy (non-hydrogen) atoms. The van der Waals surface area contributed by atoms with Crippen LogP contribution in [0.25, 0.3) is 10.2 Å². The van der Waals surface area contributed by atoms with Crippen molar-refractivity contribution in [2.24, 2.45) is 0 Å². The molecule has 3 N–H and O–H groups in total. The minimum absolute atomic E-state index is 0.195. The lowest BCUT2D eigenvalue weighted by Crippen LogP contribution is -2.52. The van der Waals surface area contributed by atoms with Gasteiger partial charge in [-0.25, -0.2) is 19.7 Å². The Bertz CT molecular complexity index is 1610. The topological polar surface area (TPSA) is 151 Å². The Morgan fingerprint density at radius 2 is 1.93 bits per heavy atom. The molecule has 1 aliphatic heterocycles. The van der Waals surface area contributed by atoms with E-state index in [1.54, 1.807) is 42.7 Å². The summed E-state index contributed by atoms with van der Waals surface area (Å²) < 4.78 is 5.65. The highest BCUT2D eigenvalue weighted by molar-refractivity contribution is 7.21. The first-order valence-electron chi connectivity index (χ1n) is 12.7. The van der Waals surface area contributed by atoms with Gasteiger partial charge >= 0.3 is 6.03 Å². The third-order valence-electron chi connectivity index (χ3n) is 6.77. The van der Waals surface area contributed by atoms with Gasteiger partial charge < -0.3 is 20.7 Å². The Morgan fingerprint density at radius 1 is 1.10 bits per heavy atom. The maximum Gasteiger partial charge on any atom is 0.332 e. The molecule has 4 amide bonds. The van der Waals surface area contributed by atoms with E-state index in [4.69, 9.17) is 4.74 Å². The van der Waals surface area contributed by atoms with Crippen LogP contribution in [0.3, 0.4) is 0 Å². The number of urea groups is 1. The van der Waals surface area contributed by atoms with Gasteiger partial charge in [-0.05, 0) is 43.2 Å². The number of nitrogens with one attached hydrogen (secondary N) is 3. The normalized spacial score (nSPS) is 18.1. The second-order valence-corrected chi connectivity index (χ2v) is 10.3. The summed E-state index contributed by atoms with van der Waals surface area (Å²) in [6, 6.07) is 7.53. The highest BCUT2D eigenvalue weighted by Crippen LogP contribution is 2.45. The van der Waals surface area contributed by atoms with Crippen molar-refractivity contribution in [1.82, 2.24) is 30.8 Å². The zero-order valence-electron chi connectivity index (χ0n) is 21.2. The molecule has 0 saturated heterocycles. The van der Waals surface area contributed by atoms with Crippen molar-refractivity contribution in [3.05, 3.63) is 66.5 Å². The number of pyridine rings is 2. The summed E-state index contributed by atoms with van der Waals surface area (Å²) in [4.78, 5) is 50.0. The molecule has 4 aromatic rings. The first-order chi connectivity index (χ1) is 19.5. The molecule has 1 fully saturated rings. The van der Waals surface area contributed by atoms with Gasteiger partial charge in [0.2, 0.25) is 11.8 Å². The summed E-state index contributed by atoms with van der Waals surface area (Å²) in [5.74, 6) is 0.515. The maximum atomic E-state index is 13.5. The number of hydrogen-bond acceptors (Lipinski definition) is 9. The summed E-state index contributed by atoms with van der Waals surface area (Å²) in [6.45, 7) is 3.51. The largest absolute Gasteiger partial charge is 0.436 e. The van der Waals surface area contributed by atoms with Crippen LogP contribution in [0.4, 0.5) is 22.0 Å². The summed E-state index contributed by atoms with van der Waals surface area (Å²) in [7, 11) is 0. The number of ether oxygens (including phenoxy) is 1. The van der Waals surface area contributed by atoms with Crippen LogP contribution in [0, 0.1) is 0 Å². The SMILES string of the molecule is C=CC(=O)N[C@H]1CCCC[C@H]1NC(=O)c1sc2nccc3c2c1NC(=O)N3c1ccc(Oc2cccnn2)cn1. The molecule has 6 rings (SSSR count). The Hall–Kier alpha value is -4.91. The Morgan fingerprint density at radius 3 is 2.65 bits per heavy atom. The van der Waals surface area contributed by atoms with E-state index in [1.165, 1.54) is 28.5 Å². The molecule has 0 radical (unpaired) electrons. The van der Waals surface area contributed by atoms with Crippen LogP contribution < -0.4 is 25.6 Å². The van der Waals surface area contributed by atoms with Gasteiger partial charge in [0.25, 0.3) is 5.91 Å². The predicted octanol–water partition coefficient (Wildman–Crippen LogP) is 4.30. The fourth-order valence-electron chi connectivity index (χ4n) is 4.95. The van der Waals surface area contributed by atoms with Crippen molar-refractivity contribution in [2.45, 2.75) is 37.8 Å². The molecule has 0 aromatic carbocycles. The third-order valence-corrected chi connectivity index (χ3v) is 7.86. The van der Waals surface area contributed by atoms with Gasteiger partial charge in [-0.1, -0.05) is 19.4 Å². The molecule has 1 saturated carbocycles. The number of carbonyl (C=O) groups excluding carboxylic acids is 3. The van der Waals surface area contributed by atoms with Crippen LogP contribution >= 0.6 is 11.3 Å². The van der Waals surface area contributed by atoms with E-state index in [1.807, 2.05) is 0 Å². The van der Waals surface area contributed by atoms with Crippen molar-refractivity contribution in [3.63, 3.8) is 0 Å². The number of carbonyl (C=O) groups is 3. The second kappa shape index (κ2) is 10.7. The second-order valence-electron chi connectivity index (χ2n) is 9.28. The average Bonchev–Trinajstić information content (AvgIpc) is 3.35. The van der Waals surface area contributed by atoms with Crippen molar-refractivity contribution >= 4 is 56.6 Å². The monoisotopic (exact) mass is 556 g/mol. The van der Waals surface area contributed by atoms with Crippen molar-refractivity contribution in [2.75, 3.05) is 10.2 Å². The van der Waals surface area contributed by atoms with Crippen LogP contribution in [0.5, 0.6) is 11.6 Å². The number of thiophene rings is 1. The van der Waals surface area contributed by atoms with E-state index in [2.05, 4.69) is 42.7 Å². The van der Waals surface area contributed by atoms with Crippen molar-refractivity contribution in [3.8, 4) is 11.6 Å². The Labute approximate surface area is 232 Å². The van der Waals surface area contributed by atoms with Gasteiger partial charge in [0, 0.05) is 30.5 Å². The van der Waals surface area contributed by atoms with Gasteiger partial charge in [-0.2, -0.15) is 5.10 Å². The molecular weight excluding hydrogens is 532 g/mol. The molecule has 13 heteroatoms. The van der Waals surface area contributed by atoms with Gasteiger partial charge in [-0.3, -0.25) is 9.59 Å². The number of nitrogens with zero attached hydrogens (tertiary/aromatic N) is 5. The van der Waals surface area contributed by atoms with Crippen molar-refractivity contribution < 1.29 is 19.1 Å². The van der Waals surface area contributed by atoms with Crippen molar-refractivity contribution in [1.29, 1.82) is 0 Å². The van der Waals surface area contributed by atoms with E-state index < -0.39 is 6.03 Å². The average molecular weight is 557 g/mol. The number of anilines is 3. The Balaban J connectivity index is 1.27. The molecule has 5 heterocycles. The van der Waals surface area contributed by atoms with Gasteiger partial charge in [0.15, 0.2) is 0 Å². The van der Waals surface area contributed by atoms with Crippen LogP contribution in [-0.2, 0) is 4.79 Å². The highest BCUT2D eigenvalue weighted by Gasteiger charge is 2.35. The van der Waals surface area contributed by atoms with Crippen LogP contribution in [-0.4, -0.2) is 50.1 Å². The Kier molecular flexibility index (Phi) is 6.78. The minimum atomic E-state index is -0.462. The van der Waals surface area contributed by atoms with E-state index in [9.17, 15) is 14.4 Å². The number of rotatable bonds is 7. The molecule has 2 aliphatic rings.